The van der Waals surface area contributed by atoms with E-state index in [4.69, 9.17) is 9.47 Å². The van der Waals surface area contributed by atoms with E-state index in [0.717, 1.165) is 22.1 Å². The van der Waals surface area contributed by atoms with E-state index < -0.39 is 0 Å². The van der Waals surface area contributed by atoms with E-state index in [1.54, 1.807) is 0 Å². The summed E-state index contributed by atoms with van der Waals surface area (Å²) in [5.41, 5.74) is 2.91. The summed E-state index contributed by atoms with van der Waals surface area (Å²) in [4.78, 5) is 17.5. The molecule has 0 atom stereocenters. The first-order chi connectivity index (χ1) is 14.0. The average Bonchev–Trinajstić information content (AvgIpc) is 3.04. The van der Waals surface area contributed by atoms with E-state index in [2.05, 4.69) is 33.2 Å². The van der Waals surface area contributed by atoms with E-state index in [1.165, 1.54) is 17.3 Å². The van der Waals surface area contributed by atoms with Gasteiger partial charge in [-0.1, -0.05) is 19.1 Å². The van der Waals surface area contributed by atoms with Gasteiger partial charge < -0.3 is 14.8 Å². The van der Waals surface area contributed by atoms with Crippen molar-refractivity contribution in [3.63, 3.8) is 0 Å². The molecule has 3 rings (SSSR count). The van der Waals surface area contributed by atoms with Gasteiger partial charge in [0.1, 0.15) is 0 Å². The van der Waals surface area contributed by atoms with Gasteiger partial charge >= 0.3 is 0 Å². The number of carbonyl (C=O) groups is 1. The van der Waals surface area contributed by atoms with Gasteiger partial charge in [0.05, 0.1) is 28.3 Å². The van der Waals surface area contributed by atoms with Crippen molar-refractivity contribution in [1.82, 2.24) is 5.32 Å². The van der Waals surface area contributed by atoms with Crippen LogP contribution in [0.2, 0.25) is 0 Å². The first-order valence-electron chi connectivity index (χ1n) is 9.51. The Kier molecular flexibility index (Phi) is 7.39. The van der Waals surface area contributed by atoms with Crippen LogP contribution >= 0.6 is 27.7 Å². The number of aliphatic imine (C=N–C) groups is 1. The van der Waals surface area contributed by atoms with Gasteiger partial charge in [-0.15, -0.1) is 0 Å². The number of aryl methyl sites for hydroxylation is 1. The van der Waals surface area contributed by atoms with Gasteiger partial charge in [-0.2, -0.15) is 0 Å². The fraction of sp³-hybridized carbons (Fsp3) is 0.273. The Morgan fingerprint density at radius 3 is 2.48 bits per heavy atom. The summed E-state index contributed by atoms with van der Waals surface area (Å²) >= 11 is 4.86. The molecule has 1 saturated heterocycles. The zero-order chi connectivity index (χ0) is 20.8. The molecule has 0 radical (unpaired) electrons. The lowest BCUT2D eigenvalue weighted by Gasteiger charge is -2.13. The maximum atomic E-state index is 12.4. The molecule has 7 heteroatoms. The molecular weight excluding hydrogens is 452 g/mol. The second-order valence-electron chi connectivity index (χ2n) is 6.20. The van der Waals surface area contributed by atoms with Crippen LogP contribution in [0.15, 0.2) is 50.8 Å². The van der Waals surface area contributed by atoms with Crippen molar-refractivity contribution in [2.75, 3.05) is 13.2 Å². The number of hydrogen-bond acceptors (Lipinski definition) is 5. The van der Waals surface area contributed by atoms with Crippen LogP contribution in [0.1, 0.15) is 31.9 Å². The zero-order valence-corrected chi connectivity index (χ0v) is 19.0. The highest BCUT2D eigenvalue weighted by Crippen LogP contribution is 2.38. The first-order valence-corrected chi connectivity index (χ1v) is 11.1. The molecule has 0 saturated carbocycles. The lowest BCUT2D eigenvalue weighted by Crippen LogP contribution is -2.19. The summed E-state index contributed by atoms with van der Waals surface area (Å²) in [5, 5.41) is 3.40. The van der Waals surface area contributed by atoms with Crippen LogP contribution in [0.25, 0.3) is 6.08 Å². The van der Waals surface area contributed by atoms with Crippen molar-refractivity contribution in [2.24, 2.45) is 4.99 Å². The Hall–Kier alpha value is -2.25. The molecule has 1 aliphatic rings. The van der Waals surface area contributed by atoms with Gasteiger partial charge in [-0.05, 0) is 89.4 Å². The molecule has 0 spiro atoms. The second-order valence-corrected chi connectivity index (χ2v) is 8.08. The third kappa shape index (κ3) is 5.42. The number of nitrogens with zero attached hydrogens (tertiary/aromatic N) is 1. The summed E-state index contributed by atoms with van der Waals surface area (Å²) in [6.07, 6.45) is 2.81. The molecular formula is C22H23BrN2O3S. The predicted octanol–water partition coefficient (Wildman–Crippen LogP) is 5.70. The lowest BCUT2D eigenvalue weighted by atomic mass is 10.2. The molecule has 152 valence electrons. The van der Waals surface area contributed by atoms with Gasteiger partial charge in [0.25, 0.3) is 5.91 Å². The zero-order valence-electron chi connectivity index (χ0n) is 16.6. The molecule has 1 fully saturated rings. The van der Waals surface area contributed by atoms with Gasteiger partial charge in [0.2, 0.25) is 0 Å². The number of amides is 1. The van der Waals surface area contributed by atoms with E-state index in [0.29, 0.717) is 34.8 Å². The minimum atomic E-state index is -0.165. The van der Waals surface area contributed by atoms with Crippen molar-refractivity contribution >= 4 is 50.5 Å². The van der Waals surface area contributed by atoms with Crippen LogP contribution < -0.4 is 14.8 Å². The van der Waals surface area contributed by atoms with Crippen molar-refractivity contribution < 1.29 is 14.3 Å². The summed E-state index contributed by atoms with van der Waals surface area (Å²) in [7, 11) is 0. The topological polar surface area (TPSA) is 59.9 Å². The lowest BCUT2D eigenvalue weighted by molar-refractivity contribution is -0.115. The van der Waals surface area contributed by atoms with E-state index in [-0.39, 0.29) is 5.91 Å². The Balaban J connectivity index is 1.84. The Labute approximate surface area is 183 Å². The SMILES string of the molecule is CCOc1cc(/C=C2\SC(=Nc3ccc(CC)cc3)NC2=O)cc(Br)c1OCC. The van der Waals surface area contributed by atoms with Crippen LogP contribution in [-0.4, -0.2) is 24.3 Å². The predicted molar refractivity (Wildman–Crippen MR) is 123 cm³/mol. The minimum Gasteiger partial charge on any atom is -0.490 e. The number of halogens is 1. The Morgan fingerprint density at radius 1 is 1.10 bits per heavy atom. The summed E-state index contributed by atoms with van der Waals surface area (Å²) in [6.45, 7) is 7.02. The minimum absolute atomic E-state index is 0.165. The molecule has 1 heterocycles. The van der Waals surface area contributed by atoms with E-state index in [9.17, 15) is 4.79 Å². The van der Waals surface area contributed by atoms with Crippen LogP contribution in [0, 0.1) is 0 Å². The van der Waals surface area contributed by atoms with Crippen molar-refractivity contribution in [1.29, 1.82) is 0 Å². The molecule has 29 heavy (non-hydrogen) atoms. The molecule has 2 aromatic carbocycles. The fourth-order valence-electron chi connectivity index (χ4n) is 2.77. The normalized spacial score (nSPS) is 16.3. The van der Waals surface area contributed by atoms with Crippen molar-refractivity contribution in [3.05, 3.63) is 56.9 Å². The Morgan fingerprint density at radius 2 is 1.83 bits per heavy atom. The van der Waals surface area contributed by atoms with Gasteiger partial charge in [0, 0.05) is 0 Å². The number of benzene rings is 2. The maximum absolute atomic E-state index is 12.4. The highest BCUT2D eigenvalue weighted by molar-refractivity contribution is 9.10. The quantitative estimate of drug-likeness (QED) is 0.522. The number of carbonyl (C=O) groups excluding carboxylic acids is 1. The van der Waals surface area contributed by atoms with E-state index >= 15 is 0 Å². The second kappa shape index (κ2) is 9.98. The van der Waals surface area contributed by atoms with Gasteiger partial charge in [0.15, 0.2) is 16.7 Å². The molecule has 0 aliphatic carbocycles. The maximum Gasteiger partial charge on any atom is 0.264 e. The largest absolute Gasteiger partial charge is 0.490 e. The van der Waals surface area contributed by atoms with Crippen LogP contribution in [0.5, 0.6) is 11.5 Å². The summed E-state index contributed by atoms with van der Waals surface area (Å²) in [6, 6.07) is 11.8. The molecule has 2 aromatic rings. The number of hydrogen-bond donors (Lipinski definition) is 1. The number of ether oxygens (including phenoxy) is 2. The molecule has 0 aromatic heterocycles. The van der Waals surface area contributed by atoms with Crippen molar-refractivity contribution in [2.45, 2.75) is 27.2 Å². The average molecular weight is 475 g/mol. The highest BCUT2D eigenvalue weighted by atomic mass is 79.9. The van der Waals surface area contributed by atoms with Crippen LogP contribution in [0.4, 0.5) is 5.69 Å². The smallest absolute Gasteiger partial charge is 0.264 e. The summed E-state index contributed by atoms with van der Waals surface area (Å²) < 4.78 is 12.2. The monoisotopic (exact) mass is 474 g/mol. The fourth-order valence-corrected chi connectivity index (χ4v) is 4.19. The number of thioether (sulfide) groups is 1. The molecule has 5 nitrogen and oxygen atoms in total. The first kappa shape index (κ1) is 21.5. The van der Waals surface area contributed by atoms with Gasteiger partial charge in [-0.3, -0.25) is 4.79 Å². The molecule has 1 amide bonds. The third-order valence-corrected chi connectivity index (χ3v) is 5.64. The third-order valence-electron chi connectivity index (χ3n) is 4.14. The summed E-state index contributed by atoms with van der Waals surface area (Å²) in [5.74, 6) is 1.14. The Bertz CT molecular complexity index is 955. The number of amidine groups is 1. The van der Waals surface area contributed by atoms with Crippen LogP contribution in [0.3, 0.4) is 0 Å². The number of nitrogens with one attached hydrogen (secondary N) is 1. The number of rotatable bonds is 7. The molecule has 1 aliphatic heterocycles. The molecule has 0 unspecified atom stereocenters. The molecule has 1 N–H and O–H groups in total. The standard InChI is InChI=1S/C22H23BrN2O3S/c1-4-14-7-9-16(10-8-14)24-22-25-21(26)19(29-22)13-15-11-17(23)20(28-6-3)18(12-15)27-5-2/h7-13H,4-6H2,1-3H3,(H,24,25,26)/b19-13-. The van der Waals surface area contributed by atoms with Crippen LogP contribution in [-0.2, 0) is 11.2 Å². The highest BCUT2D eigenvalue weighted by Gasteiger charge is 2.24. The van der Waals surface area contributed by atoms with Gasteiger partial charge in [-0.25, -0.2) is 4.99 Å². The van der Waals surface area contributed by atoms with E-state index in [1.807, 2.05) is 56.3 Å². The van der Waals surface area contributed by atoms with Crippen molar-refractivity contribution in [3.8, 4) is 11.5 Å². The molecule has 0 bridgehead atoms.